The zero-order valence-corrected chi connectivity index (χ0v) is 17.4. The minimum atomic E-state index is -0.314. The largest absolute Gasteiger partial charge is 0.458 e. The maximum atomic E-state index is 13.6. The van der Waals surface area contributed by atoms with Gasteiger partial charge in [0.15, 0.2) is 0 Å². The van der Waals surface area contributed by atoms with Crippen molar-refractivity contribution in [2.75, 3.05) is 0 Å². The maximum Gasteiger partial charge on any atom is 0.312 e. The van der Waals surface area contributed by atoms with Crippen LogP contribution in [0, 0.1) is 40.9 Å². The van der Waals surface area contributed by atoms with Gasteiger partial charge in [-0.3, -0.25) is 4.79 Å². The zero-order valence-electron chi connectivity index (χ0n) is 17.4. The molecule has 0 saturated heterocycles. The molecule has 0 aliphatic heterocycles. The Morgan fingerprint density at radius 1 is 1.00 bits per heavy atom. The molecule has 4 rings (SSSR count). The second kappa shape index (κ2) is 6.89. The summed E-state index contributed by atoms with van der Waals surface area (Å²) in [4.78, 5) is 13.6. The van der Waals surface area contributed by atoms with E-state index in [2.05, 4.69) is 41.5 Å². The zero-order chi connectivity index (χ0) is 18.4. The monoisotopic (exact) mass is 348 g/mol. The van der Waals surface area contributed by atoms with E-state index in [-0.39, 0.29) is 17.0 Å². The molecule has 0 aromatic heterocycles. The summed E-state index contributed by atoms with van der Waals surface area (Å²) in [7, 11) is 0. The SMILES string of the molecule is CCC(CC(C)C)(C(=O)OC1(CC)C2CC3CC(C2)CC1C3)C(C)C. The van der Waals surface area contributed by atoms with Crippen LogP contribution in [0.4, 0.5) is 0 Å². The van der Waals surface area contributed by atoms with Crippen molar-refractivity contribution in [2.24, 2.45) is 40.9 Å². The van der Waals surface area contributed by atoms with E-state index in [1.54, 1.807) is 0 Å². The highest BCUT2D eigenvalue weighted by molar-refractivity contribution is 5.77. The van der Waals surface area contributed by atoms with Crippen molar-refractivity contribution in [3.05, 3.63) is 0 Å². The molecule has 0 amide bonds. The molecule has 4 aliphatic carbocycles. The van der Waals surface area contributed by atoms with Gasteiger partial charge in [-0.25, -0.2) is 0 Å². The fourth-order valence-electron chi connectivity index (χ4n) is 7.05. The van der Waals surface area contributed by atoms with E-state index in [9.17, 15) is 4.79 Å². The smallest absolute Gasteiger partial charge is 0.312 e. The highest BCUT2D eigenvalue weighted by Crippen LogP contribution is 2.61. The fraction of sp³-hybridized carbons (Fsp3) is 0.957. The van der Waals surface area contributed by atoms with Gasteiger partial charge in [0.1, 0.15) is 5.60 Å². The van der Waals surface area contributed by atoms with Crippen LogP contribution >= 0.6 is 0 Å². The summed E-state index contributed by atoms with van der Waals surface area (Å²) < 4.78 is 6.64. The first-order valence-electron chi connectivity index (χ1n) is 11.0. The molecule has 4 aliphatic rings. The predicted molar refractivity (Wildman–Crippen MR) is 103 cm³/mol. The van der Waals surface area contributed by atoms with Crippen LogP contribution in [0.5, 0.6) is 0 Å². The van der Waals surface area contributed by atoms with E-state index >= 15 is 0 Å². The predicted octanol–water partition coefficient (Wildman–Crippen LogP) is 6.23. The molecule has 0 aromatic rings. The molecule has 1 unspecified atom stereocenters. The van der Waals surface area contributed by atoms with Gasteiger partial charge >= 0.3 is 5.97 Å². The summed E-state index contributed by atoms with van der Waals surface area (Å²) in [5, 5.41) is 0. The average molecular weight is 349 g/mol. The molecule has 0 spiro atoms. The first-order chi connectivity index (χ1) is 11.8. The van der Waals surface area contributed by atoms with Gasteiger partial charge in [0.2, 0.25) is 0 Å². The third-order valence-corrected chi connectivity index (χ3v) is 8.27. The summed E-state index contributed by atoms with van der Waals surface area (Å²) >= 11 is 0. The minimum Gasteiger partial charge on any atom is -0.458 e. The van der Waals surface area contributed by atoms with Crippen molar-refractivity contribution < 1.29 is 9.53 Å². The number of carbonyl (C=O) groups is 1. The molecule has 4 saturated carbocycles. The quantitative estimate of drug-likeness (QED) is 0.509. The molecular weight excluding hydrogens is 308 g/mol. The van der Waals surface area contributed by atoms with Crippen LogP contribution in [-0.2, 0) is 9.53 Å². The third-order valence-electron chi connectivity index (χ3n) is 8.27. The Morgan fingerprint density at radius 2 is 1.52 bits per heavy atom. The Labute approximate surface area is 155 Å². The molecule has 25 heavy (non-hydrogen) atoms. The van der Waals surface area contributed by atoms with E-state index in [0.717, 1.165) is 31.1 Å². The van der Waals surface area contributed by atoms with Crippen LogP contribution in [0.25, 0.3) is 0 Å². The van der Waals surface area contributed by atoms with Crippen molar-refractivity contribution in [1.82, 2.24) is 0 Å². The molecule has 2 nitrogen and oxygen atoms in total. The lowest BCUT2D eigenvalue weighted by Crippen LogP contribution is -2.60. The van der Waals surface area contributed by atoms with E-state index < -0.39 is 0 Å². The van der Waals surface area contributed by atoms with Gasteiger partial charge in [-0.1, -0.05) is 41.5 Å². The number of esters is 1. The Balaban J connectivity index is 1.86. The normalized spacial score (nSPS) is 39.0. The lowest BCUT2D eigenvalue weighted by Gasteiger charge is -2.60. The minimum absolute atomic E-state index is 0.119. The Hall–Kier alpha value is -0.530. The fourth-order valence-corrected chi connectivity index (χ4v) is 7.05. The molecular formula is C23H40O2. The third kappa shape index (κ3) is 3.06. The highest BCUT2D eigenvalue weighted by Gasteiger charge is 2.59. The average Bonchev–Trinajstić information content (AvgIpc) is 2.54. The van der Waals surface area contributed by atoms with Crippen LogP contribution < -0.4 is 0 Å². The van der Waals surface area contributed by atoms with Crippen molar-refractivity contribution >= 4 is 5.97 Å². The Morgan fingerprint density at radius 3 is 1.88 bits per heavy atom. The highest BCUT2D eigenvalue weighted by atomic mass is 16.6. The van der Waals surface area contributed by atoms with Gasteiger partial charge in [-0.05, 0) is 86.9 Å². The molecule has 144 valence electrons. The number of ether oxygens (including phenoxy) is 1. The first-order valence-corrected chi connectivity index (χ1v) is 11.0. The Bertz CT molecular complexity index is 464. The summed E-state index contributed by atoms with van der Waals surface area (Å²) in [5.41, 5.74) is -0.470. The number of hydrogen-bond donors (Lipinski definition) is 0. The van der Waals surface area contributed by atoms with E-state index in [1.165, 1.54) is 32.1 Å². The molecule has 0 heterocycles. The standard InChI is InChI=1S/C23H40O2/c1-7-22(16(5)6,14-15(3)4)21(24)25-23(8-2)19-10-17-9-18(12-19)13-20(23)11-17/h15-20H,7-14H2,1-6H3. The number of hydrogen-bond acceptors (Lipinski definition) is 2. The summed E-state index contributed by atoms with van der Waals surface area (Å²) in [5.74, 6) is 4.05. The van der Waals surface area contributed by atoms with Crippen molar-refractivity contribution in [3.63, 3.8) is 0 Å². The lowest BCUT2D eigenvalue weighted by molar-refractivity contribution is -0.222. The van der Waals surface area contributed by atoms with Crippen molar-refractivity contribution in [3.8, 4) is 0 Å². The number of rotatable bonds is 7. The second-order valence-corrected chi connectivity index (χ2v) is 10.3. The van der Waals surface area contributed by atoms with Gasteiger partial charge in [-0.15, -0.1) is 0 Å². The molecule has 1 atom stereocenters. The Kier molecular flexibility index (Phi) is 5.30. The van der Waals surface area contributed by atoms with E-state index in [4.69, 9.17) is 4.74 Å². The molecule has 0 aromatic carbocycles. The van der Waals surface area contributed by atoms with Crippen molar-refractivity contribution in [2.45, 2.75) is 98.5 Å². The lowest BCUT2D eigenvalue weighted by atomic mass is 9.49. The number of carbonyl (C=O) groups excluding carboxylic acids is 1. The van der Waals surface area contributed by atoms with Gasteiger partial charge in [-0.2, -0.15) is 0 Å². The molecule has 4 fully saturated rings. The van der Waals surface area contributed by atoms with Gasteiger partial charge in [0.25, 0.3) is 0 Å². The van der Waals surface area contributed by atoms with Crippen LogP contribution in [0.2, 0.25) is 0 Å². The van der Waals surface area contributed by atoms with E-state index in [0.29, 0.717) is 23.7 Å². The van der Waals surface area contributed by atoms with Gasteiger partial charge in [0.05, 0.1) is 5.41 Å². The van der Waals surface area contributed by atoms with Gasteiger partial charge < -0.3 is 4.74 Å². The molecule has 4 bridgehead atoms. The summed E-state index contributed by atoms with van der Waals surface area (Å²) in [6.07, 6.45) is 9.50. The summed E-state index contributed by atoms with van der Waals surface area (Å²) in [6.45, 7) is 13.3. The topological polar surface area (TPSA) is 26.3 Å². The molecule has 0 radical (unpaired) electrons. The second-order valence-electron chi connectivity index (χ2n) is 10.3. The molecule has 0 N–H and O–H groups in total. The van der Waals surface area contributed by atoms with Gasteiger partial charge in [0, 0.05) is 0 Å². The van der Waals surface area contributed by atoms with Crippen LogP contribution in [0.3, 0.4) is 0 Å². The van der Waals surface area contributed by atoms with Crippen molar-refractivity contribution in [1.29, 1.82) is 0 Å². The van der Waals surface area contributed by atoms with Crippen LogP contribution in [0.1, 0.15) is 92.9 Å². The first kappa shape index (κ1) is 19.2. The van der Waals surface area contributed by atoms with E-state index in [1.807, 2.05) is 0 Å². The molecule has 2 heteroatoms. The van der Waals surface area contributed by atoms with Crippen LogP contribution in [-0.4, -0.2) is 11.6 Å². The maximum absolute atomic E-state index is 13.6. The van der Waals surface area contributed by atoms with Crippen LogP contribution in [0.15, 0.2) is 0 Å². The summed E-state index contributed by atoms with van der Waals surface area (Å²) in [6, 6.07) is 0.